The van der Waals surface area contributed by atoms with Crippen molar-refractivity contribution in [2.24, 2.45) is 0 Å². The Hall–Kier alpha value is -1.45. The summed E-state index contributed by atoms with van der Waals surface area (Å²) in [6.07, 6.45) is 4.29. The molecule has 9 heteroatoms. The van der Waals surface area contributed by atoms with Gasteiger partial charge in [0.15, 0.2) is 0 Å². The molecule has 0 aromatic carbocycles. The number of ether oxygens (including phenoxy) is 1. The summed E-state index contributed by atoms with van der Waals surface area (Å²) in [6, 6.07) is -0.732. The van der Waals surface area contributed by atoms with Gasteiger partial charge in [-0.2, -0.15) is 17.4 Å². The van der Waals surface area contributed by atoms with Crippen LogP contribution in [0.4, 0.5) is 0 Å². The van der Waals surface area contributed by atoms with Gasteiger partial charge in [-0.3, -0.25) is 4.79 Å². The van der Waals surface area contributed by atoms with Crippen molar-refractivity contribution in [2.45, 2.75) is 32.4 Å². The van der Waals surface area contributed by atoms with Crippen LogP contribution in [0.3, 0.4) is 0 Å². The van der Waals surface area contributed by atoms with Crippen LogP contribution in [0.1, 0.15) is 25.6 Å². The lowest BCUT2D eigenvalue weighted by Gasteiger charge is -2.22. The first-order valence-corrected chi connectivity index (χ1v) is 7.90. The van der Waals surface area contributed by atoms with E-state index in [0.717, 1.165) is 4.31 Å². The Morgan fingerprint density at radius 3 is 3.10 bits per heavy atom. The molecule has 112 valence electrons. The summed E-state index contributed by atoms with van der Waals surface area (Å²) < 4.78 is 32.9. The average Bonchev–Trinajstić information content (AvgIpc) is 3.08. The van der Waals surface area contributed by atoms with Crippen molar-refractivity contribution in [3.05, 3.63) is 18.2 Å². The maximum atomic E-state index is 12.2. The first kappa shape index (κ1) is 14.9. The predicted octanol–water partition coefficient (Wildman–Crippen LogP) is -0.228. The molecule has 0 aliphatic carbocycles. The van der Waals surface area contributed by atoms with Gasteiger partial charge in [-0.15, -0.1) is 0 Å². The molecule has 1 atom stereocenters. The van der Waals surface area contributed by atoms with Crippen LogP contribution in [-0.4, -0.2) is 47.9 Å². The molecule has 2 rings (SSSR count). The minimum atomic E-state index is -3.73. The number of nitrogens with one attached hydrogen (secondary N) is 2. The van der Waals surface area contributed by atoms with Crippen molar-refractivity contribution in [2.75, 3.05) is 13.2 Å². The van der Waals surface area contributed by atoms with Gasteiger partial charge in [0.25, 0.3) is 10.2 Å². The zero-order valence-corrected chi connectivity index (χ0v) is 12.0. The number of H-pyrrole nitrogens is 1. The number of aromatic nitrogens is 2. The van der Waals surface area contributed by atoms with E-state index in [0.29, 0.717) is 25.2 Å². The van der Waals surface area contributed by atoms with Crippen LogP contribution in [0, 0.1) is 0 Å². The van der Waals surface area contributed by atoms with Crippen molar-refractivity contribution in [3.8, 4) is 0 Å². The number of esters is 1. The van der Waals surface area contributed by atoms with E-state index in [9.17, 15) is 13.2 Å². The van der Waals surface area contributed by atoms with E-state index >= 15 is 0 Å². The molecule has 1 aliphatic heterocycles. The van der Waals surface area contributed by atoms with Crippen molar-refractivity contribution >= 4 is 16.2 Å². The Morgan fingerprint density at radius 2 is 2.45 bits per heavy atom. The number of imidazole rings is 1. The first-order chi connectivity index (χ1) is 9.54. The highest BCUT2D eigenvalue weighted by molar-refractivity contribution is 7.87. The molecule has 0 amide bonds. The Morgan fingerprint density at radius 1 is 1.65 bits per heavy atom. The van der Waals surface area contributed by atoms with Crippen LogP contribution >= 0.6 is 0 Å². The maximum Gasteiger partial charge on any atom is 0.324 e. The number of nitrogens with zero attached hydrogens (tertiary/aromatic N) is 2. The molecule has 1 aliphatic rings. The fourth-order valence-electron chi connectivity index (χ4n) is 2.14. The van der Waals surface area contributed by atoms with E-state index in [2.05, 4.69) is 14.7 Å². The monoisotopic (exact) mass is 302 g/mol. The third kappa shape index (κ3) is 3.35. The third-order valence-electron chi connectivity index (χ3n) is 3.05. The number of carbonyl (C=O) groups is 1. The quantitative estimate of drug-likeness (QED) is 0.706. The van der Waals surface area contributed by atoms with Gasteiger partial charge in [0, 0.05) is 18.9 Å². The van der Waals surface area contributed by atoms with Crippen LogP contribution < -0.4 is 4.72 Å². The maximum absolute atomic E-state index is 12.2. The Labute approximate surface area is 117 Å². The second kappa shape index (κ2) is 6.33. The molecule has 1 saturated heterocycles. The molecule has 1 fully saturated rings. The zero-order valence-electron chi connectivity index (χ0n) is 11.2. The van der Waals surface area contributed by atoms with Crippen LogP contribution in [0.2, 0.25) is 0 Å². The second-order valence-electron chi connectivity index (χ2n) is 4.38. The molecule has 0 radical (unpaired) electrons. The van der Waals surface area contributed by atoms with Gasteiger partial charge in [-0.05, 0) is 19.8 Å². The zero-order chi connectivity index (χ0) is 14.6. The molecule has 1 aromatic rings. The summed E-state index contributed by atoms with van der Waals surface area (Å²) in [4.78, 5) is 18.5. The summed E-state index contributed by atoms with van der Waals surface area (Å²) >= 11 is 0. The first-order valence-electron chi connectivity index (χ1n) is 6.46. The molecule has 0 saturated carbocycles. The van der Waals surface area contributed by atoms with Crippen LogP contribution in [0.15, 0.2) is 12.4 Å². The van der Waals surface area contributed by atoms with Crippen LogP contribution in [-0.2, 0) is 26.3 Å². The normalized spacial score (nSPS) is 20.1. The van der Waals surface area contributed by atoms with Crippen LogP contribution in [0.5, 0.6) is 0 Å². The molecule has 1 unspecified atom stereocenters. The van der Waals surface area contributed by atoms with Gasteiger partial charge in [-0.25, -0.2) is 4.98 Å². The largest absolute Gasteiger partial charge is 0.465 e. The fraction of sp³-hybridized carbons (Fsp3) is 0.636. The number of hydrogen-bond acceptors (Lipinski definition) is 5. The number of hydrogen-bond donors (Lipinski definition) is 2. The molecule has 0 spiro atoms. The third-order valence-corrected chi connectivity index (χ3v) is 4.61. The van der Waals surface area contributed by atoms with Gasteiger partial charge in [0.2, 0.25) is 0 Å². The van der Waals surface area contributed by atoms with Crippen molar-refractivity contribution in [3.63, 3.8) is 0 Å². The summed E-state index contributed by atoms with van der Waals surface area (Å²) in [5.41, 5.74) is 0. The van der Waals surface area contributed by atoms with E-state index in [1.807, 2.05) is 0 Å². The molecule has 0 bridgehead atoms. The number of aromatic amines is 1. The smallest absolute Gasteiger partial charge is 0.324 e. The predicted molar refractivity (Wildman–Crippen MR) is 70.7 cm³/mol. The summed E-state index contributed by atoms with van der Waals surface area (Å²) in [6.45, 7) is 2.31. The van der Waals surface area contributed by atoms with E-state index in [1.54, 1.807) is 19.3 Å². The molecular formula is C11H18N4O4S. The van der Waals surface area contributed by atoms with Crippen molar-refractivity contribution in [1.82, 2.24) is 19.0 Å². The van der Waals surface area contributed by atoms with Gasteiger partial charge in [-0.1, -0.05) is 0 Å². The lowest BCUT2D eigenvalue weighted by atomic mass is 10.2. The molecule has 2 heterocycles. The van der Waals surface area contributed by atoms with Crippen molar-refractivity contribution in [1.29, 1.82) is 0 Å². The molecule has 2 N–H and O–H groups in total. The topological polar surface area (TPSA) is 104 Å². The minimum Gasteiger partial charge on any atom is -0.465 e. The number of rotatable bonds is 6. The van der Waals surface area contributed by atoms with E-state index in [1.165, 1.54) is 0 Å². The SMILES string of the molecule is CCOC(=O)C1CCCN1S(=O)(=O)NCc1ncc[nH]1. The van der Waals surface area contributed by atoms with E-state index < -0.39 is 22.2 Å². The highest BCUT2D eigenvalue weighted by atomic mass is 32.2. The lowest BCUT2D eigenvalue weighted by Crippen LogP contribution is -2.46. The Balaban J connectivity index is 2.02. The molecule has 1 aromatic heterocycles. The van der Waals surface area contributed by atoms with E-state index in [4.69, 9.17) is 4.74 Å². The average molecular weight is 302 g/mol. The lowest BCUT2D eigenvalue weighted by molar-refractivity contribution is -0.146. The standard InChI is InChI=1S/C11H18N4O4S/c1-2-19-11(16)9-4-3-7-15(9)20(17,18)14-8-10-12-5-6-13-10/h5-6,9,14H,2-4,7-8H2,1H3,(H,12,13). The molecule has 20 heavy (non-hydrogen) atoms. The van der Waals surface area contributed by atoms with Crippen LogP contribution in [0.25, 0.3) is 0 Å². The van der Waals surface area contributed by atoms with Gasteiger partial charge < -0.3 is 9.72 Å². The second-order valence-corrected chi connectivity index (χ2v) is 6.09. The van der Waals surface area contributed by atoms with Crippen molar-refractivity contribution < 1.29 is 17.9 Å². The summed E-state index contributed by atoms with van der Waals surface area (Å²) in [5.74, 6) is 0.0221. The summed E-state index contributed by atoms with van der Waals surface area (Å²) in [7, 11) is -3.73. The van der Waals surface area contributed by atoms with Gasteiger partial charge in [0.1, 0.15) is 11.9 Å². The number of carbonyl (C=O) groups excluding carboxylic acids is 1. The summed E-state index contributed by atoms with van der Waals surface area (Å²) in [5, 5.41) is 0. The van der Waals surface area contributed by atoms with Gasteiger partial charge >= 0.3 is 5.97 Å². The highest BCUT2D eigenvalue weighted by Gasteiger charge is 2.39. The fourth-order valence-corrected chi connectivity index (χ4v) is 3.52. The van der Waals surface area contributed by atoms with E-state index in [-0.39, 0.29) is 13.2 Å². The Kier molecular flexibility index (Phi) is 4.73. The highest BCUT2D eigenvalue weighted by Crippen LogP contribution is 2.21. The molecular weight excluding hydrogens is 284 g/mol. The Bertz CT molecular complexity index is 543. The molecule has 8 nitrogen and oxygen atoms in total. The van der Waals surface area contributed by atoms with Gasteiger partial charge in [0.05, 0.1) is 13.2 Å². The minimum absolute atomic E-state index is 0.0569.